The third kappa shape index (κ3) is 6.58. The quantitative estimate of drug-likeness (QED) is 0.286. The van der Waals surface area contributed by atoms with Crippen molar-refractivity contribution in [3.8, 4) is 5.75 Å². The van der Waals surface area contributed by atoms with E-state index in [-0.39, 0.29) is 34.7 Å². The van der Waals surface area contributed by atoms with Crippen LogP contribution in [0, 0.1) is 6.92 Å². The van der Waals surface area contributed by atoms with Gasteiger partial charge in [-0.15, -0.1) is 0 Å². The van der Waals surface area contributed by atoms with Gasteiger partial charge in [0.05, 0.1) is 18.4 Å². The Balaban J connectivity index is 1.74. The van der Waals surface area contributed by atoms with Crippen molar-refractivity contribution in [2.75, 3.05) is 30.4 Å². The van der Waals surface area contributed by atoms with E-state index in [9.17, 15) is 14.4 Å². The molecule has 1 aliphatic rings. The molecule has 3 amide bonds. The highest BCUT2D eigenvalue weighted by molar-refractivity contribution is 7.09. The first-order chi connectivity index (χ1) is 18.8. The van der Waals surface area contributed by atoms with E-state index < -0.39 is 23.8 Å². The molecule has 3 aromatic rings. The van der Waals surface area contributed by atoms with Crippen LogP contribution in [0.4, 0.5) is 11.4 Å². The van der Waals surface area contributed by atoms with E-state index in [1.54, 1.807) is 43.3 Å². The molecule has 0 spiro atoms. The van der Waals surface area contributed by atoms with Gasteiger partial charge in [-0.1, -0.05) is 13.3 Å². The number of nitrogens with zero attached hydrogens (tertiary/aromatic N) is 2. The van der Waals surface area contributed by atoms with Crippen LogP contribution < -0.4 is 26.4 Å². The second-order valence-corrected chi connectivity index (χ2v) is 10.0. The summed E-state index contributed by atoms with van der Waals surface area (Å²) in [6.07, 6.45) is 3.55. The molecule has 3 heterocycles. The Morgan fingerprint density at radius 2 is 2.00 bits per heavy atom. The molecule has 208 valence electrons. The van der Waals surface area contributed by atoms with Crippen LogP contribution >= 0.6 is 11.5 Å². The Labute approximate surface area is 230 Å². The van der Waals surface area contributed by atoms with Crippen LogP contribution in [-0.2, 0) is 9.53 Å². The van der Waals surface area contributed by atoms with Crippen molar-refractivity contribution in [3.63, 3.8) is 0 Å². The number of furan rings is 1. The van der Waals surface area contributed by atoms with Gasteiger partial charge < -0.3 is 30.7 Å². The summed E-state index contributed by atoms with van der Waals surface area (Å²) in [5, 5.41) is 2.91. The number of anilines is 2. The molecule has 1 fully saturated rings. The zero-order chi connectivity index (χ0) is 27.9. The fraction of sp³-hybridized carbons (Fsp3) is 0.407. The van der Waals surface area contributed by atoms with Crippen LogP contribution in [0.15, 0.2) is 40.8 Å². The summed E-state index contributed by atoms with van der Waals surface area (Å²) in [5.41, 5.74) is 11.5. The van der Waals surface area contributed by atoms with Gasteiger partial charge >= 0.3 is 0 Å². The first-order valence-corrected chi connectivity index (χ1v) is 13.6. The van der Waals surface area contributed by atoms with Crippen molar-refractivity contribution in [2.24, 2.45) is 5.73 Å². The van der Waals surface area contributed by atoms with E-state index in [0.717, 1.165) is 37.2 Å². The first-order valence-electron chi connectivity index (χ1n) is 12.9. The van der Waals surface area contributed by atoms with Gasteiger partial charge in [0.1, 0.15) is 22.1 Å². The number of hydrogen-bond acceptors (Lipinski definition) is 9. The van der Waals surface area contributed by atoms with Crippen molar-refractivity contribution >= 4 is 40.6 Å². The van der Waals surface area contributed by atoms with Crippen LogP contribution in [0.3, 0.4) is 0 Å². The number of nitrogens with one attached hydrogen (secondary N) is 1. The van der Waals surface area contributed by atoms with Gasteiger partial charge in [-0.2, -0.15) is 4.37 Å². The highest BCUT2D eigenvalue weighted by Crippen LogP contribution is 2.34. The number of hydrogen-bond donors (Lipinski definition) is 3. The Kier molecular flexibility index (Phi) is 9.20. The highest BCUT2D eigenvalue weighted by Gasteiger charge is 2.38. The number of nitrogens with two attached hydrogens (primary N) is 2. The smallest absolute Gasteiger partial charge is 0.273 e. The van der Waals surface area contributed by atoms with Crippen molar-refractivity contribution in [1.82, 2.24) is 9.69 Å². The molecule has 0 unspecified atom stereocenters. The highest BCUT2D eigenvalue weighted by atomic mass is 32.1. The number of unbranched alkanes of at least 4 members (excludes halogenated alkanes) is 1. The van der Waals surface area contributed by atoms with E-state index in [0.29, 0.717) is 30.4 Å². The molecule has 11 nitrogen and oxygen atoms in total. The summed E-state index contributed by atoms with van der Waals surface area (Å²) < 4.78 is 21.3. The minimum absolute atomic E-state index is 0.0210. The average Bonchev–Trinajstić information content (AvgIpc) is 3.68. The molecular formula is C27H33N5O6S. The Bertz CT molecular complexity index is 1300. The second-order valence-electron chi connectivity index (χ2n) is 9.24. The molecule has 0 aliphatic carbocycles. The summed E-state index contributed by atoms with van der Waals surface area (Å²) in [4.78, 5) is 40.8. The number of aromatic nitrogens is 1. The molecule has 1 aromatic carbocycles. The summed E-state index contributed by atoms with van der Waals surface area (Å²) in [6, 6.07) is 8.99. The van der Waals surface area contributed by atoms with E-state index in [1.165, 1.54) is 4.90 Å². The summed E-state index contributed by atoms with van der Waals surface area (Å²) >= 11 is 0.742. The minimum atomic E-state index is -1.20. The van der Waals surface area contributed by atoms with E-state index in [4.69, 9.17) is 25.4 Å². The third-order valence-corrected chi connectivity index (χ3v) is 7.17. The molecule has 2 atom stereocenters. The van der Waals surface area contributed by atoms with E-state index in [2.05, 4.69) is 16.6 Å². The fourth-order valence-electron chi connectivity index (χ4n) is 4.25. The number of primary amides is 1. The number of aryl methyl sites for hydroxylation is 1. The Hall–Kier alpha value is -3.90. The predicted octanol–water partition coefficient (Wildman–Crippen LogP) is 3.59. The van der Waals surface area contributed by atoms with Crippen molar-refractivity contribution in [3.05, 3.63) is 58.5 Å². The molecule has 2 aromatic heterocycles. The van der Waals surface area contributed by atoms with E-state index in [1.807, 2.05) is 0 Å². The van der Waals surface area contributed by atoms with Gasteiger partial charge in [-0.25, -0.2) is 0 Å². The minimum Gasteiger partial charge on any atom is -0.494 e. The molecule has 1 saturated heterocycles. The van der Waals surface area contributed by atoms with Crippen molar-refractivity contribution in [1.29, 1.82) is 0 Å². The lowest BCUT2D eigenvalue weighted by Crippen LogP contribution is -2.45. The molecule has 0 bridgehead atoms. The zero-order valence-electron chi connectivity index (χ0n) is 22.0. The number of ether oxygens (including phenoxy) is 2. The van der Waals surface area contributed by atoms with Gasteiger partial charge in [-0.05, 0) is 74.1 Å². The van der Waals surface area contributed by atoms with Gasteiger partial charge in [0.2, 0.25) is 0 Å². The monoisotopic (exact) mass is 555 g/mol. The number of rotatable bonds is 12. The number of nitrogen functional groups attached to an aromatic ring is 1. The molecular weight excluding hydrogens is 522 g/mol. The molecule has 39 heavy (non-hydrogen) atoms. The van der Waals surface area contributed by atoms with Crippen LogP contribution in [0.25, 0.3) is 0 Å². The normalized spacial score (nSPS) is 15.6. The fourth-order valence-corrected chi connectivity index (χ4v) is 4.99. The summed E-state index contributed by atoms with van der Waals surface area (Å²) in [5.74, 6) is -0.496. The third-order valence-electron chi connectivity index (χ3n) is 6.32. The molecule has 1 aliphatic heterocycles. The molecule has 5 N–H and O–H groups in total. The van der Waals surface area contributed by atoms with Crippen LogP contribution in [0.1, 0.15) is 70.3 Å². The molecule has 0 saturated carbocycles. The molecule has 0 radical (unpaired) electrons. The zero-order valence-corrected chi connectivity index (χ0v) is 22.8. The van der Waals surface area contributed by atoms with Crippen LogP contribution in [0.5, 0.6) is 5.75 Å². The Morgan fingerprint density at radius 1 is 1.23 bits per heavy atom. The molecule has 4 rings (SSSR count). The standard InChI is InChI=1S/C27H33N5O6S/c1-3-4-13-36-18-10-8-17(9-11-18)32(27(35)24-21(28)22(25(29)33)31-39-24)23(20-12-7-16(2)38-20)26(34)30-15-19-6-5-14-37-19/h7-12,19,23H,3-6,13-15,28H2,1-2H3,(H2,29,33)(H,30,34)/t19-,23-/m1/s1. The lowest BCUT2D eigenvalue weighted by atomic mass is 10.1. The maximum atomic E-state index is 14.1. The largest absolute Gasteiger partial charge is 0.494 e. The first kappa shape index (κ1) is 28.1. The topological polar surface area (TPSA) is 163 Å². The second kappa shape index (κ2) is 12.8. The number of amides is 3. The van der Waals surface area contributed by atoms with Gasteiger partial charge in [0, 0.05) is 18.8 Å². The number of benzene rings is 1. The number of carbonyl (C=O) groups is 3. The Morgan fingerprint density at radius 3 is 2.59 bits per heavy atom. The average molecular weight is 556 g/mol. The van der Waals surface area contributed by atoms with Crippen LogP contribution in [-0.4, -0.2) is 48.0 Å². The predicted molar refractivity (Wildman–Crippen MR) is 147 cm³/mol. The lowest BCUT2D eigenvalue weighted by molar-refractivity contribution is -0.123. The lowest BCUT2D eigenvalue weighted by Gasteiger charge is -2.30. The van der Waals surface area contributed by atoms with Crippen molar-refractivity contribution < 1.29 is 28.3 Å². The van der Waals surface area contributed by atoms with Gasteiger partial charge in [0.15, 0.2) is 11.7 Å². The van der Waals surface area contributed by atoms with Crippen molar-refractivity contribution in [2.45, 2.75) is 51.7 Å². The van der Waals surface area contributed by atoms with Crippen LogP contribution in [0.2, 0.25) is 0 Å². The SMILES string of the molecule is CCCCOc1ccc(N(C(=O)c2snc(C(N)=O)c2N)[C@@H](C(=O)NC[C@H]2CCCO2)c2ccc(C)o2)cc1. The number of carbonyl (C=O) groups excluding carboxylic acids is 3. The van der Waals surface area contributed by atoms with E-state index >= 15 is 0 Å². The van der Waals surface area contributed by atoms with Gasteiger partial charge in [-0.3, -0.25) is 19.3 Å². The summed E-state index contributed by atoms with van der Waals surface area (Å²) in [7, 11) is 0. The molecule has 12 heteroatoms. The maximum absolute atomic E-state index is 14.1. The summed E-state index contributed by atoms with van der Waals surface area (Å²) in [6.45, 7) is 5.32. The van der Waals surface area contributed by atoms with Gasteiger partial charge in [0.25, 0.3) is 17.7 Å². The maximum Gasteiger partial charge on any atom is 0.273 e.